The van der Waals surface area contributed by atoms with Gasteiger partial charge in [0.2, 0.25) is 5.91 Å². The third-order valence-corrected chi connectivity index (χ3v) is 4.99. The Labute approximate surface area is 123 Å². The molecule has 1 heterocycles. The first-order chi connectivity index (χ1) is 9.44. The first-order valence-electron chi connectivity index (χ1n) is 6.33. The van der Waals surface area contributed by atoms with Crippen molar-refractivity contribution < 1.29 is 17.9 Å². The van der Waals surface area contributed by atoms with Crippen LogP contribution in [0.3, 0.4) is 0 Å². The van der Waals surface area contributed by atoms with Crippen molar-refractivity contribution >= 4 is 27.3 Å². The topological polar surface area (TPSA) is 72.5 Å². The minimum Gasteiger partial charge on any atom is -0.493 e. The van der Waals surface area contributed by atoms with Gasteiger partial charge in [-0.05, 0) is 24.6 Å². The lowest BCUT2D eigenvalue weighted by molar-refractivity contribution is -0.122. The average Bonchev–Trinajstić information content (AvgIpc) is 2.68. The standard InChI is InChI=1S/C13H16ClNO4S/c14-10-2-1-3-12(8-10)19-6-4-13(16)15-11-5-7-20(17,18)9-11/h1-3,8,11H,4-7,9H2,(H,15,16)/t11-/m0/s1. The summed E-state index contributed by atoms with van der Waals surface area (Å²) in [5, 5.41) is 3.28. The van der Waals surface area contributed by atoms with E-state index in [0.717, 1.165) is 0 Å². The zero-order valence-corrected chi connectivity index (χ0v) is 12.4. The molecule has 5 nitrogen and oxygen atoms in total. The van der Waals surface area contributed by atoms with Crippen LogP contribution >= 0.6 is 11.6 Å². The van der Waals surface area contributed by atoms with E-state index in [2.05, 4.69) is 5.32 Å². The third kappa shape index (κ3) is 4.68. The highest BCUT2D eigenvalue weighted by molar-refractivity contribution is 7.91. The molecule has 0 saturated carbocycles. The number of halogens is 1. The molecule has 1 atom stereocenters. The molecule has 20 heavy (non-hydrogen) atoms. The van der Waals surface area contributed by atoms with Crippen LogP contribution in [0.2, 0.25) is 5.02 Å². The number of carbonyl (C=O) groups excluding carboxylic acids is 1. The smallest absolute Gasteiger partial charge is 0.223 e. The van der Waals surface area contributed by atoms with Crippen molar-refractivity contribution in [3.05, 3.63) is 29.3 Å². The molecule has 1 aromatic carbocycles. The Bertz CT molecular complexity index is 588. The monoisotopic (exact) mass is 317 g/mol. The van der Waals surface area contributed by atoms with E-state index >= 15 is 0 Å². The van der Waals surface area contributed by atoms with Crippen LogP contribution in [-0.4, -0.2) is 38.5 Å². The van der Waals surface area contributed by atoms with Crippen LogP contribution in [0.25, 0.3) is 0 Å². The zero-order valence-electron chi connectivity index (χ0n) is 10.8. The number of amides is 1. The Morgan fingerprint density at radius 3 is 2.90 bits per heavy atom. The molecular weight excluding hydrogens is 302 g/mol. The van der Waals surface area contributed by atoms with Crippen molar-refractivity contribution in [1.82, 2.24) is 5.32 Å². The van der Waals surface area contributed by atoms with Gasteiger partial charge in [-0.2, -0.15) is 0 Å². The van der Waals surface area contributed by atoms with Gasteiger partial charge >= 0.3 is 0 Å². The predicted octanol–water partition coefficient (Wildman–Crippen LogP) is 1.41. The summed E-state index contributed by atoms with van der Waals surface area (Å²) in [6.45, 7) is 0.228. The van der Waals surface area contributed by atoms with Crippen LogP contribution < -0.4 is 10.1 Å². The molecule has 1 fully saturated rings. The first-order valence-corrected chi connectivity index (χ1v) is 8.53. The summed E-state index contributed by atoms with van der Waals surface area (Å²) in [5.41, 5.74) is 0. The van der Waals surface area contributed by atoms with Gasteiger partial charge in [0, 0.05) is 11.1 Å². The fourth-order valence-corrected chi connectivity index (χ4v) is 3.88. The summed E-state index contributed by atoms with van der Waals surface area (Å²) in [7, 11) is -2.97. The molecule has 1 saturated heterocycles. The molecule has 7 heteroatoms. The molecule has 0 radical (unpaired) electrons. The van der Waals surface area contributed by atoms with Crippen LogP contribution in [0.5, 0.6) is 5.75 Å². The lowest BCUT2D eigenvalue weighted by atomic mass is 10.2. The van der Waals surface area contributed by atoms with E-state index in [4.69, 9.17) is 16.3 Å². The molecule has 0 spiro atoms. The van der Waals surface area contributed by atoms with Gasteiger partial charge in [0.1, 0.15) is 5.75 Å². The Balaban J connectivity index is 1.71. The summed E-state index contributed by atoms with van der Waals surface area (Å²) in [6.07, 6.45) is 0.673. The summed E-state index contributed by atoms with van der Waals surface area (Å²) >= 11 is 5.81. The van der Waals surface area contributed by atoms with Gasteiger partial charge in [-0.1, -0.05) is 17.7 Å². The van der Waals surface area contributed by atoms with E-state index in [0.29, 0.717) is 17.2 Å². The molecule has 0 unspecified atom stereocenters. The largest absolute Gasteiger partial charge is 0.493 e. The average molecular weight is 318 g/mol. The summed E-state index contributed by atoms with van der Waals surface area (Å²) in [5.74, 6) is 0.591. The van der Waals surface area contributed by atoms with Crippen molar-refractivity contribution in [2.24, 2.45) is 0 Å². The summed E-state index contributed by atoms with van der Waals surface area (Å²) in [6, 6.07) is 6.66. The van der Waals surface area contributed by atoms with Crippen LogP contribution in [0.15, 0.2) is 24.3 Å². The summed E-state index contributed by atoms with van der Waals surface area (Å²) in [4.78, 5) is 11.7. The van der Waals surface area contributed by atoms with Crippen LogP contribution in [0.1, 0.15) is 12.8 Å². The fourth-order valence-electron chi connectivity index (χ4n) is 2.03. The minimum absolute atomic E-state index is 0.0356. The molecule has 0 aliphatic carbocycles. The van der Waals surface area contributed by atoms with E-state index in [1.54, 1.807) is 24.3 Å². The highest BCUT2D eigenvalue weighted by Crippen LogP contribution is 2.17. The Morgan fingerprint density at radius 1 is 1.45 bits per heavy atom. The van der Waals surface area contributed by atoms with Crippen molar-refractivity contribution in [2.75, 3.05) is 18.1 Å². The quantitative estimate of drug-likeness (QED) is 0.891. The maximum atomic E-state index is 11.7. The number of rotatable bonds is 5. The van der Waals surface area contributed by atoms with Gasteiger partial charge in [-0.3, -0.25) is 4.79 Å². The fraction of sp³-hybridized carbons (Fsp3) is 0.462. The molecule has 2 rings (SSSR count). The predicted molar refractivity (Wildman–Crippen MR) is 76.8 cm³/mol. The van der Waals surface area contributed by atoms with Gasteiger partial charge in [-0.15, -0.1) is 0 Å². The minimum atomic E-state index is -2.97. The molecule has 1 amide bonds. The van der Waals surface area contributed by atoms with Gasteiger partial charge in [0.25, 0.3) is 0 Å². The van der Waals surface area contributed by atoms with E-state index in [-0.39, 0.29) is 36.5 Å². The Morgan fingerprint density at radius 2 is 2.25 bits per heavy atom. The number of sulfone groups is 1. The maximum Gasteiger partial charge on any atom is 0.223 e. The van der Waals surface area contributed by atoms with Gasteiger partial charge in [-0.25, -0.2) is 8.42 Å². The van der Waals surface area contributed by atoms with Crippen LogP contribution in [0.4, 0.5) is 0 Å². The number of nitrogens with one attached hydrogen (secondary N) is 1. The van der Waals surface area contributed by atoms with Crippen molar-refractivity contribution in [3.8, 4) is 5.75 Å². The van der Waals surface area contributed by atoms with Crippen molar-refractivity contribution in [2.45, 2.75) is 18.9 Å². The van der Waals surface area contributed by atoms with Crippen molar-refractivity contribution in [3.63, 3.8) is 0 Å². The van der Waals surface area contributed by atoms with Crippen LogP contribution in [0, 0.1) is 0 Å². The van der Waals surface area contributed by atoms with Crippen LogP contribution in [-0.2, 0) is 14.6 Å². The molecule has 1 aromatic rings. The second-order valence-corrected chi connectivity index (χ2v) is 7.39. The third-order valence-electron chi connectivity index (χ3n) is 2.99. The van der Waals surface area contributed by atoms with Gasteiger partial charge in [0.15, 0.2) is 9.84 Å². The molecule has 0 aromatic heterocycles. The van der Waals surface area contributed by atoms with E-state index in [1.165, 1.54) is 0 Å². The second kappa shape index (κ2) is 6.45. The van der Waals surface area contributed by atoms with E-state index in [1.807, 2.05) is 0 Å². The normalized spacial score (nSPS) is 20.6. The number of hydrogen-bond acceptors (Lipinski definition) is 4. The highest BCUT2D eigenvalue weighted by atomic mass is 35.5. The lowest BCUT2D eigenvalue weighted by Crippen LogP contribution is -2.36. The van der Waals surface area contributed by atoms with Gasteiger partial charge < -0.3 is 10.1 Å². The molecule has 110 valence electrons. The lowest BCUT2D eigenvalue weighted by Gasteiger charge is -2.11. The number of carbonyl (C=O) groups is 1. The maximum absolute atomic E-state index is 11.7. The number of hydrogen-bond donors (Lipinski definition) is 1. The number of ether oxygens (including phenoxy) is 1. The summed E-state index contributed by atoms with van der Waals surface area (Å²) < 4.78 is 27.9. The molecule has 1 aliphatic heterocycles. The van der Waals surface area contributed by atoms with E-state index < -0.39 is 9.84 Å². The zero-order chi connectivity index (χ0) is 14.6. The van der Waals surface area contributed by atoms with E-state index in [9.17, 15) is 13.2 Å². The highest BCUT2D eigenvalue weighted by Gasteiger charge is 2.28. The van der Waals surface area contributed by atoms with Crippen molar-refractivity contribution in [1.29, 1.82) is 0 Å². The Hall–Kier alpha value is -1.27. The molecular formula is C13H16ClNO4S. The molecule has 0 bridgehead atoms. The first kappa shape index (κ1) is 15.1. The molecule has 1 aliphatic rings. The van der Waals surface area contributed by atoms with Gasteiger partial charge in [0.05, 0.1) is 24.5 Å². The Kier molecular flexibility index (Phi) is 4.88. The second-order valence-electron chi connectivity index (χ2n) is 4.72. The number of benzene rings is 1. The molecule has 1 N–H and O–H groups in total. The SMILES string of the molecule is O=C(CCOc1cccc(Cl)c1)N[C@H]1CCS(=O)(=O)C1.